The van der Waals surface area contributed by atoms with E-state index in [0.717, 1.165) is 6.42 Å². The summed E-state index contributed by atoms with van der Waals surface area (Å²) in [7, 11) is -3.10. The third kappa shape index (κ3) is 1.62. The summed E-state index contributed by atoms with van der Waals surface area (Å²) in [4.78, 5) is 0. The third-order valence-corrected chi connectivity index (χ3v) is 4.36. The van der Waals surface area contributed by atoms with E-state index in [0.29, 0.717) is 26.2 Å². The minimum Gasteiger partial charge on any atom is -0.195 e. The van der Waals surface area contributed by atoms with Crippen LogP contribution in [0.2, 0.25) is 0 Å². The molecule has 12 heavy (non-hydrogen) atoms. The predicted molar refractivity (Wildman–Crippen MR) is 48.0 cm³/mol. The summed E-state index contributed by atoms with van der Waals surface area (Å²) in [6, 6.07) is 0. The monoisotopic (exact) mass is 192 g/mol. The Bertz CT molecular complexity index is 230. The average Bonchev–Trinajstić information content (AvgIpc) is 1.83. The van der Waals surface area contributed by atoms with Gasteiger partial charge in [0.1, 0.15) is 0 Å². The Morgan fingerprint density at radius 2 is 1.75 bits per heavy atom. The summed E-state index contributed by atoms with van der Waals surface area (Å²) in [5.41, 5.74) is 0. The van der Waals surface area contributed by atoms with Crippen LogP contribution in [0.1, 0.15) is 20.3 Å². The highest BCUT2D eigenvalue weighted by Crippen LogP contribution is 2.15. The molecule has 1 fully saturated rings. The van der Waals surface area contributed by atoms with Crippen molar-refractivity contribution in [1.29, 1.82) is 0 Å². The highest BCUT2D eigenvalue weighted by molar-refractivity contribution is 7.86. The molecule has 0 aromatic heterocycles. The lowest BCUT2D eigenvalue weighted by Gasteiger charge is -2.34. The second-order valence-corrected chi connectivity index (χ2v) is 4.77. The molecule has 72 valence electrons. The lowest BCUT2D eigenvalue weighted by Crippen LogP contribution is -2.49. The predicted octanol–water partition coefficient (Wildman–Crippen LogP) is 0.279. The van der Waals surface area contributed by atoms with Crippen LogP contribution >= 0.6 is 0 Å². The van der Waals surface area contributed by atoms with Crippen LogP contribution in [0, 0.1) is 0 Å². The van der Waals surface area contributed by atoms with Gasteiger partial charge in [-0.15, -0.1) is 0 Å². The van der Waals surface area contributed by atoms with Crippen LogP contribution < -0.4 is 0 Å². The van der Waals surface area contributed by atoms with Gasteiger partial charge in [0.05, 0.1) is 0 Å². The van der Waals surface area contributed by atoms with Crippen LogP contribution in [-0.2, 0) is 10.2 Å². The van der Waals surface area contributed by atoms with Gasteiger partial charge in [-0.3, -0.25) is 0 Å². The van der Waals surface area contributed by atoms with Crippen molar-refractivity contribution in [1.82, 2.24) is 8.61 Å². The lowest BCUT2D eigenvalue weighted by molar-refractivity contribution is 0.277. The molecule has 1 aliphatic rings. The Morgan fingerprint density at radius 1 is 1.25 bits per heavy atom. The molecule has 0 aliphatic carbocycles. The van der Waals surface area contributed by atoms with Crippen molar-refractivity contribution < 1.29 is 8.42 Å². The summed E-state index contributed by atoms with van der Waals surface area (Å²) < 4.78 is 26.3. The van der Waals surface area contributed by atoms with Gasteiger partial charge < -0.3 is 0 Å². The second-order valence-electron chi connectivity index (χ2n) is 2.84. The normalized spacial score (nSPS) is 19.6. The van der Waals surface area contributed by atoms with Gasteiger partial charge in [-0.05, 0) is 6.42 Å². The first-order chi connectivity index (χ1) is 5.62. The van der Waals surface area contributed by atoms with Crippen LogP contribution in [-0.4, -0.2) is 43.2 Å². The fourth-order valence-electron chi connectivity index (χ4n) is 1.23. The van der Waals surface area contributed by atoms with E-state index in [9.17, 15) is 8.42 Å². The Kier molecular flexibility index (Phi) is 3.09. The maximum atomic E-state index is 11.6. The van der Waals surface area contributed by atoms with Crippen molar-refractivity contribution in [3.05, 3.63) is 0 Å². The van der Waals surface area contributed by atoms with Crippen LogP contribution in [0.5, 0.6) is 0 Å². The molecule has 1 aliphatic heterocycles. The molecule has 1 saturated heterocycles. The molecule has 0 atom stereocenters. The molecule has 0 amide bonds. The smallest absolute Gasteiger partial charge is 0.195 e. The molecule has 1 heterocycles. The van der Waals surface area contributed by atoms with Gasteiger partial charge in [-0.2, -0.15) is 17.0 Å². The molecular formula is C7H16N2O2S. The van der Waals surface area contributed by atoms with E-state index in [4.69, 9.17) is 0 Å². The van der Waals surface area contributed by atoms with Crippen LogP contribution in [0.3, 0.4) is 0 Å². The molecule has 0 saturated carbocycles. The van der Waals surface area contributed by atoms with Crippen molar-refractivity contribution >= 4 is 10.2 Å². The molecule has 0 radical (unpaired) electrons. The summed E-state index contributed by atoms with van der Waals surface area (Å²) in [6.45, 7) is 6.24. The Hall–Kier alpha value is -0.130. The van der Waals surface area contributed by atoms with Crippen LogP contribution in [0.25, 0.3) is 0 Å². The van der Waals surface area contributed by atoms with Crippen molar-refractivity contribution in [2.24, 2.45) is 0 Å². The first kappa shape index (κ1) is 9.95. The Balaban J connectivity index is 2.68. The zero-order valence-electron chi connectivity index (χ0n) is 7.65. The van der Waals surface area contributed by atoms with E-state index in [-0.39, 0.29) is 0 Å². The maximum absolute atomic E-state index is 11.6. The first-order valence-electron chi connectivity index (χ1n) is 4.38. The molecule has 0 N–H and O–H groups in total. The van der Waals surface area contributed by atoms with Gasteiger partial charge in [0, 0.05) is 26.2 Å². The van der Waals surface area contributed by atoms with Crippen molar-refractivity contribution in [3.63, 3.8) is 0 Å². The number of hydrogen-bond acceptors (Lipinski definition) is 2. The molecule has 4 nitrogen and oxygen atoms in total. The van der Waals surface area contributed by atoms with Crippen molar-refractivity contribution in [3.8, 4) is 0 Å². The summed E-state index contributed by atoms with van der Waals surface area (Å²) in [5.74, 6) is 0. The van der Waals surface area contributed by atoms with Crippen molar-refractivity contribution in [2.45, 2.75) is 20.3 Å². The maximum Gasteiger partial charge on any atom is 0.281 e. The Morgan fingerprint density at radius 3 is 2.00 bits per heavy atom. The number of hydrogen-bond donors (Lipinski definition) is 0. The topological polar surface area (TPSA) is 40.6 Å². The Labute approximate surface area is 74.3 Å². The largest absolute Gasteiger partial charge is 0.281 e. The SMILES string of the molecule is CCN(CC)S(=O)(=O)N1CCC1. The standard InChI is InChI=1S/C7H16N2O2S/c1-3-8(4-2)12(10,11)9-6-5-7-9/h3-7H2,1-2H3. The molecule has 0 unspecified atom stereocenters. The molecule has 0 aromatic carbocycles. The van der Waals surface area contributed by atoms with Gasteiger partial charge in [-0.25, -0.2) is 0 Å². The first-order valence-corrected chi connectivity index (χ1v) is 5.77. The van der Waals surface area contributed by atoms with E-state index < -0.39 is 10.2 Å². The zero-order valence-corrected chi connectivity index (χ0v) is 8.47. The fourth-order valence-corrected chi connectivity index (χ4v) is 2.93. The van der Waals surface area contributed by atoms with E-state index in [1.165, 1.54) is 8.61 Å². The molecule has 0 spiro atoms. The van der Waals surface area contributed by atoms with Gasteiger partial charge in [-0.1, -0.05) is 13.8 Å². The van der Waals surface area contributed by atoms with Gasteiger partial charge >= 0.3 is 0 Å². The van der Waals surface area contributed by atoms with Gasteiger partial charge in [0.2, 0.25) is 0 Å². The van der Waals surface area contributed by atoms with E-state index in [1.807, 2.05) is 13.8 Å². The fraction of sp³-hybridized carbons (Fsp3) is 1.00. The van der Waals surface area contributed by atoms with E-state index >= 15 is 0 Å². The molecule has 0 bridgehead atoms. The highest BCUT2D eigenvalue weighted by Gasteiger charge is 2.31. The zero-order chi connectivity index (χ0) is 9.19. The summed E-state index contributed by atoms with van der Waals surface area (Å²) >= 11 is 0. The minimum atomic E-state index is -3.10. The average molecular weight is 192 g/mol. The van der Waals surface area contributed by atoms with Gasteiger partial charge in [0.15, 0.2) is 0 Å². The lowest BCUT2D eigenvalue weighted by atomic mass is 10.3. The second kappa shape index (κ2) is 3.72. The van der Waals surface area contributed by atoms with E-state index in [2.05, 4.69) is 0 Å². The quantitative estimate of drug-likeness (QED) is 0.642. The van der Waals surface area contributed by atoms with Crippen LogP contribution in [0.15, 0.2) is 0 Å². The third-order valence-electron chi connectivity index (χ3n) is 2.17. The number of rotatable bonds is 4. The summed E-state index contributed by atoms with van der Waals surface area (Å²) in [6.07, 6.45) is 1.00. The number of nitrogens with zero attached hydrogens (tertiary/aromatic N) is 2. The molecule has 5 heteroatoms. The minimum absolute atomic E-state index is 0.565. The molecular weight excluding hydrogens is 176 g/mol. The highest BCUT2D eigenvalue weighted by atomic mass is 32.2. The van der Waals surface area contributed by atoms with Gasteiger partial charge in [0.25, 0.3) is 10.2 Å². The molecule has 1 rings (SSSR count). The summed E-state index contributed by atoms with van der Waals surface area (Å²) in [5, 5.41) is 0. The van der Waals surface area contributed by atoms with Crippen molar-refractivity contribution in [2.75, 3.05) is 26.2 Å². The molecule has 0 aromatic rings. The van der Waals surface area contributed by atoms with E-state index in [1.54, 1.807) is 0 Å². The van der Waals surface area contributed by atoms with Crippen LogP contribution in [0.4, 0.5) is 0 Å².